The Morgan fingerprint density at radius 3 is 3.07 bits per heavy atom. The predicted octanol–water partition coefficient (Wildman–Crippen LogP) is 0.809. The van der Waals surface area contributed by atoms with Crippen molar-refractivity contribution in [1.82, 2.24) is 19.7 Å². The van der Waals surface area contributed by atoms with Gasteiger partial charge in [0.25, 0.3) is 0 Å². The Balaban J connectivity index is 2.25. The highest BCUT2D eigenvalue weighted by molar-refractivity contribution is 5.16. The lowest BCUT2D eigenvalue weighted by Crippen LogP contribution is -1.99. The number of methoxy groups -OCH3 is 1. The van der Waals surface area contributed by atoms with Gasteiger partial charge in [-0.15, -0.1) is 0 Å². The third-order valence-electron chi connectivity index (χ3n) is 1.72. The molecule has 0 bridgehead atoms. The molecular formula is C9H10N4O. The van der Waals surface area contributed by atoms with E-state index in [9.17, 15) is 0 Å². The summed E-state index contributed by atoms with van der Waals surface area (Å²) in [6.07, 6.45) is 6.75. The van der Waals surface area contributed by atoms with Gasteiger partial charge in [-0.1, -0.05) is 0 Å². The molecule has 2 heterocycles. The van der Waals surface area contributed by atoms with Gasteiger partial charge in [0, 0.05) is 25.7 Å². The summed E-state index contributed by atoms with van der Waals surface area (Å²) >= 11 is 0. The molecule has 0 saturated heterocycles. The van der Waals surface area contributed by atoms with Crippen molar-refractivity contribution in [2.24, 2.45) is 0 Å². The standard InChI is InChI=1S/C9H10N4O/c1-14-7-8-2-5-13(12-8)9-6-10-3-4-11-9/h2-6H,7H2,1H3. The van der Waals surface area contributed by atoms with Crippen LogP contribution in [0.25, 0.3) is 5.82 Å². The summed E-state index contributed by atoms with van der Waals surface area (Å²) in [5.41, 5.74) is 0.873. The normalized spacial score (nSPS) is 10.4. The van der Waals surface area contributed by atoms with E-state index in [1.165, 1.54) is 0 Å². The Morgan fingerprint density at radius 2 is 2.36 bits per heavy atom. The molecule has 0 fully saturated rings. The van der Waals surface area contributed by atoms with Gasteiger partial charge in [0.2, 0.25) is 0 Å². The second-order valence-corrected chi connectivity index (χ2v) is 2.75. The van der Waals surface area contributed by atoms with Crippen LogP contribution in [0.1, 0.15) is 5.69 Å². The van der Waals surface area contributed by atoms with Crippen LogP contribution in [0.5, 0.6) is 0 Å². The third-order valence-corrected chi connectivity index (χ3v) is 1.72. The molecule has 0 spiro atoms. The molecule has 2 aromatic heterocycles. The number of hydrogen-bond acceptors (Lipinski definition) is 4. The molecule has 2 rings (SSSR count). The zero-order valence-electron chi connectivity index (χ0n) is 7.79. The van der Waals surface area contributed by atoms with Crippen molar-refractivity contribution in [3.63, 3.8) is 0 Å². The molecule has 5 nitrogen and oxygen atoms in total. The number of hydrogen-bond donors (Lipinski definition) is 0. The van der Waals surface area contributed by atoms with Crippen LogP contribution in [0, 0.1) is 0 Å². The van der Waals surface area contributed by atoms with E-state index in [1.54, 1.807) is 30.4 Å². The highest BCUT2D eigenvalue weighted by atomic mass is 16.5. The van der Waals surface area contributed by atoms with Gasteiger partial charge in [-0.25, -0.2) is 9.67 Å². The zero-order chi connectivity index (χ0) is 9.80. The first-order valence-corrected chi connectivity index (χ1v) is 4.20. The molecule has 0 aliphatic carbocycles. The Morgan fingerprint density at radius 1 is 1.43 bits per heavy atom. The van der Waals surface area contributed by atoms with Crippen molar-refractivity contribution in [2.45, 2.75) is 6.61 Å². The van der Waals surface area contributed by atoms with Crippen LogP contribution in [-0.4, -0.2) is 26.9 Å². The van der Waals surface area contributed by atoms with Crippen LogP contribution >= 0.6 is 0 Å². The molecule has 2 aromatic rings. The number of nitrogens with zero attached hydrogens (tertiary/aromatic N) is 4. The molecule has 0 atom stereocenters. The van der Waals surface area contributed by atoms with Gasteiger partial charge in [-0.3, -0.25) is 4.98 Å². The van der Waals surface area contributed by atoms with Gasteiger partial charge in [0.15, 0.2) is 5.82 Å². The average Bonchev–Trinajstić information content (AvgIpc) is 2.68. The first-order chi connectivity index (χ1) is 6.90. The van der Waals surface area contributed by atoms with Crippen molar-refractivity contribution >= 4 is 0 Å². The van der Waals surface area contributed by atoms with Crippen LogP contribution < -0.4 is 0 Å². The summed E-state index contributed by atoms with van der Waals surface area (Å²) in [5.74, 6) is 0.704. The monoisotopic (exact) mass is 190 g/mol. The summed E-state index contributed by atoms with van der Waals surface area (Å²) in [7, 11) is 1.64. The Labute approximate surface area is 81.4 Å². The lowest BCUT2D eigenvalue weighted by Gasteiger charge is -1.97. The highest BCUT2D eigenvalue weighted by Crippen LogP contribution is 2.02. The third kappa shape index (κ3) is 1.77. The van der Waals surface area contributed by atoms with Crippen LogP contribution in [-0.2, 0) is 11.3 Å². The molecule has 0 aliphatic rings. The molecule has 5 heteroatoms. The first-order valence-electron chi connectivity index (χ1n) is 4.20. The lowest BCUT2D eigenvalue weighted by molar-refractivity contribution is 0.181. The minimum absolute atomic E-state index is 0.507. The van der Waals surface area contributed by atoms with Gasteiger partial charge in [0.1, 0.15) is 0 Å². The van der Waals surface area contributed by atoms with Crippen molar-refractivity contribution in [3.8, 4) is 5.82 Å². The molecule has 0 radical (unpaired) electrons. The van der Waals surface area contributed by atoms with Gasteiger partial charge < -0.3 is 4.74 Å². The molecule has 0 N–H and O–H groups in total. The fourth-order valence-electron chi connectivity index (χ4n) is 1.12. The maximum Gasteiger partial charge on any atom is 0.171 e. The van der Waals surface area contributed by atoms with Crippen LogP contribution in [0.3, 0.4) is 0 Å². The maximum absolute atomic E-state index is 4.97. The minimum Gasteiger partial charge on any atom is -0.378 e. The average molecular weight is 190 g/mol. The van der Waals surface area contributed by atoms with Crippen molar-refractivity contribution < 1.29 is 4.74 Å². The highest BCUT2D eigenvalue weighted by Gasteiger charge is 2.00. The van der Waals surface area contributed by atoms with E-state index in [0.717, 1.165) is 5.69 Å². The summed E-state index contributed by atoms with van der Waals surface area (Å²) in [4.78, 5) is 8.08. The van der Waals surface area contributed by atoms with Crippen LogP contribution in [0.4, 0.5) is 0 Å². The Kier molecular flexibility index (Phi) is 2.51. The fraction of sp³-hybridized carbons (Fsp3) is 0.222. The number of ether oxygens (including phenoxy) is 1. The molecule has 0 amide bonds. The second-order valence-electron chi connectivity index (χ2n) is 2.75. The Bertz CT molecular complexity index is 398. The second kappa shape index (κ2) is 3.97. The van der Waals surface area contributed by atoms with Crippen LogP contribution in [0.15, 0.2) is 30.9 Å². The summed E-state index contributed by atoms with van der Waals surface area (Å²) in [6, 6.07) is 1.89. The zero-order valence-corrected chi connectivity index (χ0v) is 7.79. The molecule has 0 aromatic carbocycles. The molecule has 0 unspecified atom stereocenters. The fourth-order valence-corrected chi connectivity index (χ4v) is 1.12. The van der Waals surface area contributed by atoms with Gasteiger partial charge in [0.05, 0.1) is 18.5 Å². The Hall–Kier alpha value is -1.75. The van der Waals surface area contributed by atoms with E-state index in [1.807, 2.05) is 12.3 Å². The maximum atomic E-state index is 4.97. The predicted molar refractivity (Wildman–Crippen MR) is 49.9 cm³/mol. The molecule has 72 valence electrons. The van der Waals surface area contributed by atoms with E-state index >= 15 is 0 Å². The van der Waals surface area contributed by atoms with E-state index in [0.29, 0.717) is 12.4 Å². The van der Waals surface area contributed by atoms with E-state index in [-0.39, 0.29) is 0 Å². The topological polar surface area (TPSA) is 52.8 Å². The number of aromatic nitrogens is 4. The minimum atomic E-state index is 0.507. The summed E-state index contributed by atoms with van der Waals surface area (Å²) in [5, 5.41) is 4.26. The SMILES string of the molecule is COCc1ccn(-c2cnccn2)n1. The summed E-state index contributed by atoms with van der Waals surface area (Å²) in [6.45, 7) is 0.507. The molecule has 0 saturated carbocycles. The van der Waals surface area contributed by atoms with Gasteiger partial charge >= 0.3 is 0 Å². The quantitative estimate of drug-likeness (QED) is 0.718. The van der Waals surface area contributed by atoms with Gasteiger partial charge in [-0.2, -0.15) is 5.10 Å². The lowest BCUT2D eigenvalue weighted by atomic mass is 10.5. The van der Waals surface area contributed by atoms with Gasteiger partial charge in [-0.05, 0) is 6.07 Å². The smallest absolute Gasteiger partial charge is 0.171 e. The number of rotatable bonds is 3. The van der Waals surface area contributed by atoms with E-state index in [4.69, 9.17) is 4.74 Å². The van der Waals surface area contributed by atoms with E-state index < -0.39 is 0 Å². The first kappa shape index (κ1) is 8.83. The molecule has 14 heavy (non-hydrogen) atoms. The summed E-state index contributed by atoms with van der Waals surface area (Å²) < 4.78 is 6.63. The van der Waals surface area contributed by atoms with Crippen LogP contribution in [0.2, 0.25) is 0 Å². The molecule has 0 aliphatic heterocycles. The van der Waals surface area contributed by atoms with E-state index in [2.05, 4.69) is 15.1 Å². The largest absolute Gasteiger partial charge is 0.378 e. The molecular weight excluding hydrogens is 180 g/mol. The van der Waals surface area contributed by atoms with Crippen molar-refractivity contribution in [2.75, 3.05) is 7.11 Å². The van der Waals surface area contributed by atoms with Crippen molar-refractivity contribution in [3.05, 3.63) is 36.5 Å². The van der Waals surface area contributed by atoms with Crippen molar-refractivity contribution in [1.29, 1.82) is 0 Å².